The van der Waals surface area contributed by atoms with Crippen molar-refractivity contribution in [2.24, 2.45) is 0 Å². The minimum absolute atomic E-state index is 0.116. The number of carbonyl (C=O) groups is 1. The summed E-state index contributed by atoms with van der Waals surface area (Å²) in [5, 5.41) is 10.1. The smallest absolute Gasteiger partial charge is 0.159 e. The molecule has 0 aliphatic rings. The molecular formula is C33H42N2O2. The first kappa shape index (κ1) is 28.2. The molecule has 4 heteroatoms. The average molecular weight is 499 g/mol. The molecule has 2 atom stereocenters. The van der Waals surface area contributed by atoms with Crippen LogP contribution in [0.4, 0.5) is 0 Å². The van der Waals surface area contributed by atoms with Gasteiger partial charge < -0.3 is 14.2 Å². The third-order valence-corrected chi connectivity index (χ3v) is 7.28. The molecule has 1 N–H and O–H groups in total. The Bertz CT molecular complexity index is 1330. The Labute approximate surface area is 222 Å². The number of aromatic nitrogens is 2. The second-order valence-electron chi connectivity index (χ2n) is 10.7. The zero-order chi connectivity index (χ0) is 27.5. The summed E-state index contributed by atoms with van der Waals surface area (Å²) in [6.07, 6.45) is 0. The van der Waals surface area contributed by atoms with E-state index in [1.54, 1.807) is 6.92 Å². The second-order valence-corrected chi connectivity index (χ2v) is 10.7. The molecule has 2 heterocycles. The van der Waals surface area contributed by atoms with Crippen molar-refractivity contribution in [1.82, 2.24) is 9.13 Å². The molecule has 0 aliphatic carbocycles. The van der Waals surface area contributed by atoms with Crippen molar-refractivity contribution in [3.8, 4) is 0 Å². The molecule has 0 radical (unpaired) electrons. The molecule has 0 fully saturated rings. The van der Waals surface area contributed by atoms with Crippen LogP contribution in [0.5, 0.6) is 0 Å². The van der Waals surface area contributed by atoms with Crippen LogP contribution in [-0.4, -0.2) is 20.0 Å². The maximum atomic E-state index is 11.4. The predicted octanol–water partition coefficient (Wildman–Crippen LogP) is 7.86. The van der Waals surface area contributed by atoms with Crippen LogP contribution in [0.2, 0.25) is 0 Å². The Morgan fingerprint density at radius 2 is 1.11 bits per heavy atom. The summed E-state index contributed by atoms with van der Waals surface area (Å²) in [6, 6.07) is 25.2. The number of Topliss-reactive ketones (excluding diaryl/α,β-unsaturated/α-hetero) is 1. The summed E-state index contributed by atoms with van der Waals surface area (Å²) in [6.45, 7) is 18.1. The minimum Gasteiger partial charge on any atom is -0.386 e. The molecule has 0 spiro atoms. The quantitative estimate of drug-likeness (QED) is 0.275. The van der Waals surface area contributed by atoms with Crippen LogP contribution in [0.3, 0.4) is 0 Å². The summed E-state index contributed by atoms with van der Waals surface area (Å²) < 4.78 is 4.61. The van der Waals surface area contributed by atoms with Gasteiger partial charge in [0.25, 0.3) is 0 Å². The standard InChI is InChI=1S/C17H23NO.C16H19NO/c1-12-9-10-13(2)18(12)14(3)15-7-6-8-16(11-15)17(4,5)19;1-11-8-9-12(2)17(11)13(3)15-6-5-7-16(10-15)14(4)18/h6-11,14,19H,1-5H3;5-10,13H,1-4H3/t14-;13-/m11/s1. The number of benzene rings is 2. The Balaban J connectivity index is 0.000000206. The van der Waals surface area contributed by atoms with Gasteiger partial charge in [0.15, 0.2) is 5.78 Å². The van der Waals surface area contributed by atoms with Crippen LogP contribution in [0.15, 0.2) is 72.8 Å². The van der Waals surface area contributed by atoms with Crippen LogP contribution in [-0.2, 0) is 5.60 Å². The van der Waals surface area contributed by atoms with E-state index >= 15 is 0 Å². The van der Waals surface area contributed by atoms with E-state index in [1.807, 2.05) is 44.2 Å². The molecule has 2 aromatic heterocycles. The third kappa shape index (κ3) is 6.50. The molecule has 4 rings (SSSR count). The fourth-order valence-electron chi connectivity index (χ4n) is 5.08. The zero-order valence-corrected chi connectivity index (χ0v) is 23.8. The lowest BCUT2D eigenvalue weighted by Gasteiger charge is -2.23. The van der Waals surface area contributed by atoms with E-state index in [4.69, 9.17) is 0 Å². The Morgan fingerprint density at radius 3 is 1.51 bits per heavy atom. The summed E-state index contributed by atoms with van der Waals surface area (Å²) in [5.41, 5.74) is 8.35. The normalized spacial score (nSPS) is 13.0. The molecule has 37 heavy (non-hydrogen) atoms. The highest BCUT2D eigenvalue weighted by molar-refractivity contribution is 5.94. The van der Waals surface area contributed by atoms with Gasteiger partial charge in [0.1, 0.15) is 0 Å². The number of hydrogen-bond donors (Lipinski definition) is 1. The number of rotatable bonds is 6. The van der Waals surface area contributed by atoms with Crippen molar-refractivity contribution in [2.45, 2.75) is 80.0 Å². The van der Waals surface area contributed by atoms with Crippen molar-refractivity contribution in [3.05, 3.63) is 118 Å². The van der Waals surface area contributed by atoms with Gasteiger partial charge in [0, 0.05) is 28.3 Å². The molecule has 0 bridgehead atoms. The highest BCUT2D eigenvalue weighted by Crippen LogP contribution is 2.27. The van der Waals surface area contributed by atoms with Crippen molar-refractivity contribution in [3.63, 3.8) is 0 Å². The van der Waals surface area contributed by atoms with Gasteiger partial charge in [-0.3, -0.25) is 4.79 Å². The Morgan fingerprint density at radius 1 is 0.703 bits per heavy atom. The Hall–Kier alpha value is -3.37. The molecule has 0 aliphatic heterocycles. The molecule has 0 saturated heterocycles. The molecule has 0 saturated carbocycles. The van der Waals surface area contributed by atoms with E-state index in [0.717, 1.165) is 11.1 Å². The van der Waals surface area contributed by atoms with E-state index in [-0.39, 0.29) is 17.9 Å². The third-order valence-electron chi connectivity index (χ3n) is 7.28. The lowest BCUT2D eigenvalue weighted by atomic mass is 9.94. The van der Waals surface area contributed by atoms with Crippen molar-refractivity contribution in [1.29, 1.82) is 0 Å². The van der Waals surface area contributed by atoms with Gasteiger partial charge in [-0.15, -0.1) is 0 Å². The van der Waals surface area contributed by atoms with Crippen LogP contribution < -0.4 is 0 Å². The Kier molecular flexibility index (Phi) is 8.65. The largest absolute Gasteiger partial charge is 0.386 e. The van der Waals surface area contributed by atoms with Gasteiger partial charge in [-0.2, -0.15) is 0 Å². The highest BCUT2D eigenvalue weighted by Gasteiger charge is 2.18. The lowest BCUT2D eigenvalue weighted by molar-refractivity contribution is 0.0784. The second kappa shape index (κ2) is 11.4. The zero-order valence-electron chi connectivity index (χ0n) is 23.8. The fraction of sp³-hybridized carbons (Fsp3) is 0.364. The van der Waals surface area contributed by atoms with Gasteiger partial charge in [-0.05, 0) is 109 Å². The molecule has 0 amide bonds. The number of carbonyl (C=O) groups excluding carboxylic acids is 1. The van der Waals surface area contributed by atoms with Crippen molar-refractivity contribution >= 4 is 5.78 Å². The van der Waals surface area contributed by atoms with E-state index in [9.17, 15) is 9.90 Å². The number of ketones is 1. The summed E-state index contributed by atoms with van der Waals surface area (Å²) in [7, 11) is 0. The summed E-state index contributed by atoms with van der Waals surface area (Å²) >= 11 is 0. The SMILES string of the molecule is CC(=O)c1cccc([C@@H](C)n2c(C)ccc2C)c1.Cc1ccc(C)n1[C@H](C)c1cccc(C(C)(C)O)c1. The van der Waals surface area contributed by atoms with Crippen LogP contribution in [0.1, 0.15) is 96.5 Å². The van der Waals surface area contributed by atoms with Gasteiger partial charge >= 0.3 is 0 Å². The lowest BCUT2D eigenvalue weighted by Crippen LogP contribution is -2.17. The number of nitrogens with zero attached hydrogens (tertiary/aromatic N) is 2. The monoisotopic (exact) mass is 498 g/mol. The minimum atomic E-state index is -0.795. The molecule has 4 nitrogen and oxygen atoms in total. The fourth-order valence-corrected chi connectivity index (χ4v) is 5.08. The van der Waals surface area contributed by atoms with Gasteiger partial charge in [0.2, 0.25) is 0 Å². The first-order valence-corrected chi connectivity index (χ1v) is 13.0. The van der Waals surface area contributed by atoms with Gasteiger partial charge in [-0.1, -0.05) is 42.5 Å². The first-order chi connectivity index (χ1) is 17.3. The van der Waals surface area contributed by atoms with E-state index in [2.05, 4.69) is 93.1 Å². The summed E-state index contributed by atoms with van der Waals surface area (Å²) in [5.74, 6) is 0.116. The highest BCUT2D eigenvalue weighted by atomic mass is 16.3. The topological polar surface area (TPSA) is 47.2 Å². The number of aryl methyl sites for hydroxylation is 4. The molecule has 0 unspecified atom stereocenters. The molecular weight excluding hydrogens is 456 g/mol. The van der Waals surface area contributed by atoms with Gasteiger partial charge in [0.05, 0.1) is 17.7 Å². The summed E-state index contributed by atoms with van der Waals surface area (Å²) in [4.78, 5) is 11.4. The maximum absolute atomic E-state index is 11.4. The molecule has 4 aromatic rings. The molecule has 2 aromatic carbocycles. The van der Waals surface area contributed by atoms with Crippen LogP contribution in [0.25, 0.3) is 0 Å². The number of hydrogen-bond acceptors (Lipinski definition) is 2. The van der Waals surface area contributed by atoms with Crippen molar-refractivity contribution in [2.75, 3.05) is 0 Å². The van der Waals surface area contributed by atoms with Crippen LogP contribution >= 0.6 is 0 Å². The van der Waals surface area contributed by atoms with E-state index < -0.39 is 5.60 Å². The maximum Gasteiger partial charge on any atom is 0.159 e. The van der Waals surface area contributed by atoms with E-state index in [0.29, 0.717) is 0 Å². The average Bonchev–Trinajstić information content (AvgIpc) is 3.37. The molecule has 196 valence electrons. The van der Waals surface area contributed by atoms with Gasteiger partial charge in [-0.25, -0.2) is 0 Å². The van der Waals surface area contributed by atoms with E-state index in [1.165, 1.54) is 33.9 Å². The van der Waals surface area contributed by atoms with Crippen molar-refractivity contribution < 1.29 is 9.90 Å². The first-order valence-electron chi connectivity index (χ1n) is 13.0. The predicted molar refractivity (Wildman–Crippen MR) is 154 cm³/mol. The number of aliphatic hydroxyl groups is 1. The van der Waals surface area contributed by atoms with Crippen LogP contribution in [0, 0.1) is 27.7 Å².